The van der Waals surface area contributed by atoms with Crippen LogP contribution < -0.4 is 5.73 Å². The fourth-order valence-electron chi connectivity index (χ4n) is 0.543. The van der Waals surface area contributed by atoms with Gasteiger partial charge in [-0.2, -0.15) is 0 Å². The summed E-state index contributed by atoms with van der Waals surface area (Å²) in [5.41, 5.74) is 5.12. The van der Waals surface area contributed by atoms with Gasteiger partial charge < -0.3 is 10.5 Å². The number of carbonyl (C=O) groups is 1. The fraction of sp³-hybridized carbons (Fsp3) is 0.250. The summed E-state index contributed by atoms with van der Waals surface area (Å²) in [6.07, 6.45) is 2.85. The van der Waals surface area contributed by atoms with E-state index >= 15 is 0 Å². The van der Waals surface area contributed by atoms with Gasteiger partial charge in [-0.05, 0) is 6.26 Å². The minimum Gasteiger partial charge on any atom is -0.464 e. The molecule has 2 N–H and O–H groups in total. The first kappa shape index (κ1) is 13.1. The van der Waals surface area contributed by atoms with Gasteiger partial charge in [-0.15, -0.1) is 11.8 Å². The Morgan fingerprint density at radius 1 is 1.71 bits per heavy atom. The van der Waals surface area contributed by atoms with Crippen LogP contribution in [0.3, 0.4) is 0 Å². The molecular weight excluding hydrogens is 224 g/mol. The van der Waals surface area contributed by atoms with Gasteiger partial charge >= 0.3 is 5.97 Å². The molecule has 0 aromatic rings. The molecule has 6 heteroatoms. The predicted octanol–water partition coefficient (Wildman–Crippen LogP) is 1.47. The van der Waals surface area contributed by atoms with Gasteiger partial charge in [0.25, 0.3) is 0 Å². The van der Waals surface area contributed by atoms with Crippen LogP contribution >= 0.6 is 23.4 Å². The average molecular weight is 235 g/mol. The number of aliphatic imine (C=N–C) groups is 1. The van der Waals surface area contributed by atoms with Gasteiger partial charge in [-0.25, -0.2) is 9.79 Å². The lowest BCUT2D eigenvalue weighted by molar-refractivity contribution is -0.132. The quantitative estimate of drug-likeness (QED) is 0.591. The summed E-state index contributed by atoms with van der Waals surface area (Å²) in [5.74, 6) is -0.646. The van der Waals surface area contributed by atoms with Crippen LogP contribution in [-0.4, -0.2) is 25.0 Å². The molecule has 0 heterocycles. The lowest BCUT2D eigenvalue weighted by atomic mass is 10.3. The van der Waals surface area contributed by atoms with Gasteiger partial charge in [-0.1, -0.05) is 18.2 Å². The number of esters is 1. The molecular formula is C8H11ClN2O2S. The first-order valence-corrected chi connectivity index (χ1v) is 5.14. The molecule has 0 bridgehead atoms. The van der Waals surface area contributed by atoms with Crippen molar-refractivity contribution in [1.29, 1.82) is 0 Å². The molecule has 0 spiro atoms. The van der Waals surface area contributed by atoms with E-state index in [2.05, 4.69) is 16.3 Å². The van der Waals surface area contributed by atoms with Gasteiger partial charge in [0.05, 0.1) is 17.2 Å². The Balaban J connectivity index is 5.01. The summed E-state index contributed by atoms with van der Waals surface area (Å²) in [6.45, 7) is 3.59. The van der Waals surface area contributed by atoms with Crippen molar-refractivity contribution in [2.24, 2.45) is 10.7 Å². The lowest BCUT2D eigenvalue weighted by Crippen LogP contribution is -2.17. The minimum atomic E-state index is -0.646. The van der Waals surface area contributed by atoms with E-state index in [0.717, 1.165) is 6.20 Å². The molecule has 0 rings (SSSR count). The summed E-state index contributed by atoms with van der Waals surface area (Å²) < 4.78 is 4.48. The van der Waals surface area contributed by atoms with Gasteiger partial charge in [-0.3, -0.25) is 0 Å². The van der Waals surface area contributed by atoms with E-state index in [-0.39, 0.29) is 10.7 Å². The second-order valence-electron chi connectivity index (χ2n) is 2.06. The molecule has 14 heavy (non-hydrogen) atoms. The van der Waals surface area contributed by atoms with E-state index in [1.165, 1.54) is 18.9 Å². The van der Waals surface area contributed by atoms with Crippen molar-refractivity contribution in [3.05, 3.63) is 22.8 Å². The van der Waals surface area contributed by atoms with Crippen LogP contribution in [-0.2, 0) is 9.53 Å². The standard InChI is InChI=1S/C8H11ClN2O2S/c1-5(14-3)11-7(6(9)4-10)8(12)13-2/h4H,1,10H2,2-3H3/b6-4+,11-7+. The highest BCUT2D eigenvalue weighted by Gasteiger charge is 2.15. The van der Waals surface area contributed by atoms with Gasteiger partial charge in [0, 0.05) is 6.20 Å². The molecule has 0 aromatic heterocycles. The first-order valence-electron chi connectivity index (χ1n) is 3.54. The van der Waals surface area contributed by atoms with Crippen LogP contribution in [0.25, 0.3) is 0 Å². The number of halogens is 1. The highest BCUT2D eigenvalue weighted by molar-refractivity contribution is 8.02. The highest BCUT2D eigenvalue weighted by atomic mass is 35.5. The number of ether oxygens (including phenoxy) is 1. The molecule has 0 fully saturated rings. The van der Waals surface area contributed by atoms with Crippen molar-refractivity contribution in [2.45, 2.75) is 0 Å². The number of nitrogens with two attached hydrogens (primary N) is 1. The summed E-state index contributed by atoms with van der Waals surface area (Å²) in [7, 11) is 1.24. The monoisotopic (exact) mass is 234 g/mol. The largest absolute Gasteiger partial charge is 0.464 e. The summed E-state index contributed by atoms with van der Waals surface area (Å²) in [4.78, 5) is 15.0. The van der Waals surface area contributed by atoms with Crippen molar-refractivity contribution < 1.29 is 9.53 Å². The zero-order valence-corrected chi connectivity index (χ0v) is 9.48. The van der Waals surface area contributed by atoms with Gasteiger partial charge in [0.2, 0.25) is 0 Å². The molecule has 0 radical (unpaired) electrons. The lowest BCUT2D eigenvalue weighted by Gasteiger charge is -2.02. The Labute approximate surface area is 91.9 Å². The van der Waals surface area contributed by atoms with Crippen molar-refractivity contribution in [1.82, 2.24) is 0 Å². The molecule has 0 aromatic carbocycles. The number of hydrogen-bond donors (Lipinski definition) is 1. The maximum Gasteiger partial charge on any atom is 0.358 e. The number of carbonyl (C=O) groups excluding carboxylic acids is 1. The number of hydrogen-bond acceptors (Lipinski definition) is 5. The number of thioether (sulfide) groups is 1. The zero-order valence-electron chi connectivity index (χ0n) is 7.91. The van der Waals surface area contributed by atoms with Crippen molar-refractivity contribution in [3.8, 4) is 0 Å². The Kier molecular flexibility index (Phi) is 6.07. The van der Waals surface area contributed by atoms with E-state index in [9.17, 15) is 4.79 Å². The van der Waals surface area contributed by atoms with Crippen LogP contribution in [0.2, 0.25) is 0 Å². The van der Waals surface area contributed by atoms with E-state index in [1.54, 1.807) is 6.26 Å². The Hall–Kier alpha value is -0.940. The van der Waals surface area contributed by atoms with E-state index in [4.69, 9.17) is 17.3 Å². The van der Waals surface area contributed by atoms with Gasteiger partial charge in [0.1, 0.15) is 0 Å². The molecule has 0 aliphatic carbocycles. The van der Waals surface area contributed by atoms with Crippen LogP contribution in [0, 0.1) is 0 Å². The maximum atomic E-state index is 11.2. The maximum absolute atomic E-state index is 11.2. The fourth-order valence-corrected chi connectivity index (χ4v) is 0.844. The van der Waals surface area contributed by atoms with E-state index in [1.807, 2.05) is 0 Å². The third kappa shape index (κ3) is 3.85. The molecule has 0 saturated carbocycles. The third-order valence-electron chi connectivity index (χ3n) is 1.22. The summed E-state index contributed by atoms with van der Waals surface area (Å²) in [5, 5.41) is 0.484. The number of rotatable bonds is 4. The molecule has 0 aliphatic heterocycles. The molecule has 0 aliphatic rings. The molecule has 0 unspecified atom stereocenters. The van der Waals surface area contributed by atoms with Crippen molar-refractivity contribution in [2.75, 3.05) is 13.4 Å². The summed E-state index contributed by atoms with van der Waals surface area (Å²) in [6, 6.07) is 0. The number of nitrogens with zero attached hydrogens (tertiary/aromatic N) is 1. The second kappa shape index (κ2) is 6.50. The van der Waals surface area contributed by atoms with E-state index < -0.39 is 5.97 Å². The first-order chi connectivity index (χ1) is 6.56. The highest BCUT2D eigenvalue weighted by Crippen LogP contribution is 2.14. The van der Waals surface area contributed by atoms with Crippen molar-refractivity contribution in [3.63, 3.8) is 0 Å². The third-order valence-corrected chi connectivity index (χ3v) is 2.09. The van der Waals surface area contributed by atoms with Crippen LogP contribution in [0.5, 0.6) is 0 Å². The second-order valence-corrected chi connectivity index (χ2v) is 3.35. The topological polar surface area (TPSA) is 64.7 Å². The summed E-state index contributed by atoms with van der Waals surface area (Å²) >= 11 is 6.95. The van der Waals surface area contributed by atoms with Crippen LogP contribution in [0.1, 0.15) is 0 Å². The number of methoxy groups -OCH3 is 1. The molecule has 78 valence electrons. The zero-order chi connectivity index (χ0) is 11.1. The molecule has 0 saturated heterocycles. The molecule has 4 nitrogen and oxygen atoms in total. The Morgan fingerprint density at radius 2 is 2.29 bits per heavy atom. The van der Waals surface area contributed by atoms with Crippen LogP contribution in [0.15, 0.2) is 27.8 Å². The average Bonchev–Trinajstić information content (AvgIpc) is 2.23. The molecule has 0 amide bonds. The normalized spacial score (nSPS) is 12.5. The Morgan fingerprint density at radius 3 is 2.64 bits per heavy atom. The minimum absolute atomic E-state index is 0.0343. The molecule has 0 atom stereocenters. The SMILES string of the molecule is C=C(/N=C(C(=O)OC)\C(Cl)=C/N)SC. The smallest absolute Gasteiger partial charge is 0.358 e. The van der Waals surface area contributed by atoms with Gasteiger partial charge in [0.15, 0.2) is 5.71 Å². The van der Waals surface area contributed by atoms with E-state index in [0.29, 0.717) is 5.03 Å². The van der Waals surface area contributed by atoms with Crippen LogP contribution in [0.4, 0.5) is 0 Å². The Bertz CT molecular complexity index is 300. The van der Waals surface area contributed by atoms with Crippen molar-refractivity contribution >= 4 is 35.0 Å². The predicted molar refractivity (Wildman–Crippen MR) is 60.2 cm³/mol.